The number of nitrogens with one attached hydrogen (secondary N) is 1. The molecule has 1 heterocycles. The lowest BCUT2D eigenvalue weighted by molar-refractivity contribution is -0.121. The summed E-state index contributed by atoms with van der Waals surface area (Å²) in [4.78, 5) is 26.3. The van der Waals surface area contributed by atoms with Gasteiger partial charge in [0.1, 0.15) is 0 Å². The number of rotatable bonds is 7. The highest BCUT2D eigenvalue weighted by Gasteiger charge is 2.21. The highest BCUT2D eigenvalue weighted by molar-refractivity contribution is 5.94. The summed E-state index contributed by atoms with van der Waals surface area (Å²) in [7, 11) is 0. The zero-order valence-electron chi connectivity index (χ0n) is 15.1. The van der Waals surface area contributed by atoms with Crippen LogP contribution in [0.2, 0.25) is 0 Å². The molecule has 3 rings (SSSR count). The summed E-state index contributed by atoms with van der Waals surface area (Å²) in [5.41, 5.74) is 3.51. The minimum Gasteiger partial charge on any atom is -0.356 e. The summed E-state index contributed by atoms with van der Waals surface area (Å²) in [5, 5.41) is 2.88. The number of benzene rings is 2. The van der Waals surface area contributed by atoms with E-state index in [0.29, 0.717) is 19.4 Å². The Morgan fingerprint density at radius 1 is 0.962 bits per heavy atom. The van der Waals surface area contributed by atoms with Gasteiger partial charge in [0.25, 0.3) is 0 Å². The van der Waals surface area contributed by atoms with Gasteiger partial charge in [-0.2, -0.15) is 0 Å². The van der Waals surface area contributed by atoms with Gasteiger partial charge in [0, 0.05) is 31.6 Å². The van der Waals surface area contributed by atoms with E-state index in [9.17, 15) is 9.59 Å². The first kappa shape index (κ1) is 18.2. The number of hydrogen-bond donors (Lipinski definition) is 1. The first-order valence-electron chi connectivity index (χ1n) is 9.43. The van der Waals surface area contributed by atoms with Gasteiger partial charge in [0.15, 0.2) is 0 Å². The van der Waals surface area contributed by atoms with Crippen LogP contribution in [0.3, 0.4) is 0 Å². The van der Waals surface area contributed by atoms with Gasteiger partial charge in [-0.1, -0.05) is 48.5 Å². The smallest absolute Gasteiger partial charge is 0.228 e. The molecule has 1 aliphatic rings. The van der Waals surface area contributed by atoms with Crippen molar-refractivity contribution in [2.45, 2.75) is 38.5 Å². The first-order chi connectivity index (χ1) is 12.7. The Labute approximate surface area is 155 Å². The second-order valence-electron chi connectivity index (χ2n) is 6.72. The molecule has 0 fully saturated rings. The molecular weight excluding hydrogens is 324 g/mol. The lowest BCUT2D eigenvalue weighted by Crippen LogP contribution is -2.37. The van der Waals surface area contributed by atoms with Crippen LogP contribution in [-0.2, 0) is 22.4 Å². The van der Waals surface area contributed by atoms with Crippen LogP contribution in [0.4, 0.5) is 5.69 Å². The Bertz CT molecular complexity index is 743. The lowest BCUT2D eigenvalue weighted by Gasteiger charge is -2.29. The summed E-state index contributed by atoms with van der Waals surface area (Å²) >= 11 is 0. The summed E-state index contributed by atoms with van der Waals surface area (Å²) < 4.78 is 0. The number of hydrogen-bond acceptors (Lipinski definition) is 2. The molecule has 0 unspecified atom stereocenters. The van der Waals surface area contributed by atoms with Crippen molar-refractivity contribution in [3.8, 4) is 0 Å². The Kier molecular flexibility index (Phi) is 6.42. The number of para-hydroxylation sites is 1. The normalized spacial score (nSPS) is 13.2. The lowest BCUT2D eigenvalue weighted by atomic mass is 10.0. The van der Waals surface area contributed by atoms with E-state index < -0.39 is 0 Å². The third-order valence-electron chi connectivity index (χ3n) is 4.78. The molecule has 26 heavy (non-hydrogen) atoms. The van der Waals surface area contributed by atoms with Crippen molar-refractivity contribution in [1.82, 2.24) is 5.32 Å². The summed E-state index contributed by atoms with van der Waals surface area (Å²) in [6.07, 6.45) is 4.59. The highest BCUT2D eigenvalue weighted by atomic mass is 16.2. The zero-order valence-corrected chi connectivity index (χ0v) is 15.1. The molecule has 0 saturated heterocycles. The molecule has 0 spiro atoms. The second kappa shape index (κ2) is 9.18. The van der Waals surface area contributed by atoms with Crippen LogP contribution in [0.25, 0.3) is 0 Å². The maximum Gasteiger partial charge on any atom is 0.228 e. The van der Waals surface area contributed by atoms with Crippen LogP contribution in [-0.4, -0.2) is 24.9 Å². The largest absolute Gasteiger partial charge is 0.356 e. The number of amides is 2. The fraction of sp³-hybridized carbons (Fsp3) is 0.364. The van der Waals surface area contributed by atoms with E-state index >= 15 is 0 Å². The van der Waals surface area contributed by atoms with Crippen molar-refractivity contribution in [2.75, 3.05) is 18.0 Å². The molecule has 2 aromatic rings. The van der Waals surface area contributed by atoms with Gasteiger partial charge in [-0.25, -0.2) is 0 Å². The first-order valence-corrected chi connectivity index (χ1v) is 9.43. The molecule has 1 N–H and O–H groups in total. The van der Waals surface area contributed by atoms with Crippen molar-refractivity contribution in [3.05, 3.63) is 65.7 Å². The molecule has 136 valence electrons. The minimum atomic E-state index is 0.0211. The van der Waals surface area contributed by atoms with Crippen molar-refractivity contribution in [2.24, 2.45) is 0 Å². The molecule has 0 radical (unpaired) electrons. The quantitative estimate of drug-likeness (QED) is 0.831. The number of carbonyl (C=O) groups excluding carboxylic acids is 2. The molecular formula is C22H26N2O2. The van der Waals surface area contributed by atoms with Crippen LogP contribution in [0.1, 0.15) is 36.8 Å². The van der Waals surface area contributed by atoms with Crippen molar-refractivity contribution >= 4 is 17.5 Å². The van der Waals surface area contributed by atoms with Crippen LogP contribution >= 0.6 is 0 Å². The van der Waals surface area contributed by atoms with Gasteiger partial charge in [0.2, 0.25) is 11.8 Å². The van der Waals surface area contributed by atoms with E-state index in [2.05, 4.69) is 23.5 Å². The molecule has 2 amide bonds. The van der Waals surface area contributed by atoms with E-state index in [1.165, 1.54) is 11.1 Å². The number of anilines is 1. The minimum absolute atomic E-state index is 0.0211. The van der Waals surface area contributed by atoms with E-state index in [0.717, 1.165) is 37.9 Å². The fourth-order valence-electron chi connectivity index (χ4n) is 3.42. The number of aryl methyl sites for hydroxylation is 2. The molecule has 2 aromatic carbocycles. The topological polar surface area (TPSA) is 49.4 Å². The zero-order chi connectivity index (χ0) is 18.2. The fourth-order valence-corrected chi connectivity index (χ4v) is 3.42. The number of carbonyl (C=O) groups is 2. The highest BCUT2D eigenvalue weighted by Crippen LogP contribution is 2.26. The van der Waals surface area contributed by atoms with Gasteiger partial charge in [0.05, 0.1) is 0 Å². The van der Waals surface area contributed by atoms with Crippen LogP contribution < -0.4 is 10.2 Å². The Morgan fingerprint density at radius 2 is 1.73 bits per heavy atom. The van der Waals surface area contributed by atoms with Crippen molar-refractivity contribution in [3.63, 3.8) is 0 Å². The van der Waals surface area contributed by atoms with Gasteiger partial charge in [-0.05, 0) is 42.9 Å². The molecule has 0 aliphatic carbocycles. The predicted octanol–water partition coefficient (Wildman–Crippen LogP) is 3.50. The van der Waals surface area contributed by atoms with E-state index in [-0.39, 0.29) is 11.8 Å². The number of nitrogens with zero attached hydrogens (tertiary/aromatic N) is 1. The summed E-state index contributed by atoms with van der Waals surface area (Å²) in [6.45, 7) is 1.17. The number of fused-ring (bicyclic) bond motifs is 1. The Hall–Kier alpha value is -2.62. The van der Waals surface area contributed by atoms with Crippen LogP contribution in [0.5, 0.6) is 0 Å². The summed E-state index contributed by atoms with van der Waals surface area (Å²) in [5.74, 6) is 0.106. The van der Waals surface area contributed by atoms with Crippen LogP contribution in [0, 0.1) is 0 Å². The Balaban J connectivity index is 1.38. The van der Waals surface area contributed by atoms with Gasteiger partial charge in [-0.3, -0.25) is 9.59 Å². The van der Waals surface area contributed by atoms with Crippen molar-refractivity contribution < 1.29 is 9.59 Å². The molecule has 0 atom stereocenters. The van der Waals surface area contributed by atoms with Gasteiger partial charge < -0.3 is 10.2 Å². The van der Waals surface area contributed by atoms with Gasteiger partial charge >= 0.3 is 0 Å². The average Bonchev–Trinajstić information content (AvgIpc) is 2.68. The van der Waals surface area contributed by atoms with E-state index in [4.69, 9.17) is 0 Å². The average molecular weight is 350 g/mol. The van der Waals surface area contributed by atoms with Crippen LogP contribution in [0.15, 0.2) is 54.6 Å². The van der Waals surface area contributed by atoms with E-state index in [1.807, 2.05) is 41.3 Å². The maximum atomic E-state index is 12.5. The maximum absolute atomic E-state index is 12.5. The monoisotopic (exact) mass is 350 g/mol. The summed E-state index contributed by atoms with van der Waals surface area (Å²) in [6, 6.07) is 18.3. The third kappa shape index (κ3) is 4.94. The third-order valence-corrected chi connectivity index (χ3v) is 4.78. The molecule has 1 aliphatic heterocycles. The predicted molar refractivity (Wildman–Crippen MR) is 104 cm³/mol. The SMILES string of the molecule is O=C(CCCc1ccccc1)NCCC(=O)N1CCCc2ccccc21. The Morgan fingerprint density at radius 3 is 2.58 bits per heavy atom. The molecule has 4 heteroatoms. The molecule has 0 aromatic heterocycles. The van der Waals surface area contributed by atoms with E-state index in [1.54, 1.807) is 0 Å². The van der Waals surface area contributed by atoms with Crippen molar-refractivity contribution in [1.29, 1.82) is 0 Å². The molecule has 0 saturated carbocycles. The standard InChI is InChI=1S/C22H26N2O2/c25-21(14-6-10-18-8-2-1-3-9-18)23-16-15-22(26)24-17-7-12-19-11-4-5-13-20(19)24/h1-5,8-9,11,13H,6-7,10,12,14-17H2,(H,23,25). The van der Waals surface area contributed by atoms with Gasteiger partial charge in [-0.15, -0.1) is 0 Å². The second-order valence-corrected chi connectivity index (χ2v) is 6.72. The molecule has 0 bridgehead atoms. The molecule has 4 nitrogen and oxygen atoms in total.